The molecule has 9 heteroatoms. The number of rotatable bonds is 6. The third-order valence-electron chi connectivity index (χ3n) is 5.63. The maximum Gasteiger partial charge on any atom is 0.573 e. The van der Waals surface area contributed by atoms with Crippen molar-refractivity contribution in [3.63, 3.8) is 0 Å². The molecule has 2 aromatic rings. The number of benzene rings is 2. The normalized spacial score (nSPS) is 18.5. The molecule has 1 saturated carbocycles. The molecule has 0 unspecified atom stereocenters. The third-order valence-corrected chi connectivity index (χ3v) is 5.63. The molecule has 3 rings (SSSR count). The van der Waals surface area contributed by atoms with Gasteiger partial charge in [-0.1, -0.05) is 51.5 Å². The summed E-state index contributed by atoms with van der Waals surface area (Å²) in [6, 6.07) is 2.59. The zero-order valence-corrected chi connectivity index (χ0v) is 18.1. The van der Waals surface area contributed by atoms with Gasteiger partial charge in [0.15, 0.2) is 11.6 Å². The maximum atomic E-state index is 13.5. The summed E-state index contributed by atoms with van der Waals surface area (Å²) in [7, 11) is 0. The van der Waals surface area contributed by atoms with Gasteiger partial charge in [0.25, 0.3) is 0 Å². The average molecular weight is 482 g/mol. The summed E-state index contributed by atoms with van der Waals surface area (Å²) in [6.45, 7) is 2.15. The predicted octanol–water partition coefficient (Wildman–Crippen LogP) is 8.76. The van der Waals surface area contributed by atoms with Crippen molar-refractivity contribution < 1.29 is 39.9 Å². The van der Waals surface area contributed by atoms with Gasteiger partial charge in [-0.2, -0.15) is 0 Å². The highest BCUT2D eigenvalue weighted by molar-refractivity contribution is 5.65. The monoisotopic (exact) mass is 482 g/mol. The molecule has 0 atom stereocenters. The van der Waals surface area contributed by atoms with Gasteiger partial charge < -0.3 is 4.74 Å². The molecule has 0 spiro atoms. The van der Waals surface area contributed by atoms with Crippen LogP contribution in [0.25, 0.3) is 11.1 Å². The van der Waals surface area contributed by atoms with Crippen molar-refractivity contribution in [2.24, 2.45) is 11.8 Å². The Morgan fingerprint density at radius 3 is 1.82 bits per heavy atom. The first kappa shape index (κ1) is 26.9. The molecule has 1 nitrogen and oxygen atoms in total. The van der Waals surface area contributed by atoms with Gasteiger partial charge >= 0.3 is 6.36 Å². The van der Waals surface area contributed by atoms with E-state index in [-0.39, 0.29) is 6.67 Å². The van der Waals surface area contributed by atoms with Crippen LogP contribution >= 0.6 is 0 Å². The van der Waals surface area contributed by atoms with Crippen molar-refractivity contribution in [2.75, 3.05) is 6.67 Å². The van der Waals surface area contributed by atoms with Crippen molar-refractivity contribution in [3.8, 4) is 16.9 Å². The molecule has 1 aliphatic carbocycles. The maximum absolute atomic E-state index is 13.5. The fourth-order valence-corrected chi connectivity index (χ4v) is 4.05. The van der Waals surface area contributed by atoms with Crippen LogP contribution < -0.4 is 4.74 Å². The molecular formula is C24H26F8O. The fraction of sp³-hybridized carbons (Fsp3) is 0.500. The highest BCUT2D eigenvalue weighted by Gasteiger charge is 2.32. The molecule has 0 saturated heterocycles. The fourth-order valence-electron chi connectivity index (χ4n) is 4.05. The van der Waals surface area contributed by atoms with Crippen LogP contribution in [0.2, 0.25) is 0 Å². The number of hydrogen-bond donors (Lipinski definition) is 0. The summed E-state index contributed by atoms with van der Waals surface area (Å²) in [5.41, 5.74) is -1.15. The lowest BCUT2D eigenvalue weighted by Gasteiger charge is -2.27. The van der Waals surface area contributed by atoms with Gasteiger partial charge in [0.05, 0.1) is 12.2 Å². The van der Waals surface area contributed by atoms with E-state index in [0.29, 0.717) is 30.2 Å². The SMILES string of the molecule is CCCC1CCC(CCF)CC1.Fc1cc(F)c(-c2ccc(OC(F)(F)F)c(F)c2)c(F)c1. The Bertz CT molecular complexity index is 852. The minimum atomic E-state index is -5.10. The van der Waals surface area contributed by atoms with Gasteiger partial charge in [-0.25, -0.2) is 17.6 Å². The highest BCUT2D eigenvalue weighted by atomic mass is 19.4. The van der Waals surface area contributed by atoms with E-state index in [1.54, 1.807) is 0 Å². The van der Waals surface area contributed by atoms with Crippen LogP contribution in [-0.4, -0.2) is 13.0 Å². The molecule has 184 valence electrons. The first-order valence-corrected chi connectivity index (χ1v) is 10.8. The molecule has 33 heavy (non-hydrogen) atoms. The highest BCUT2D eigenvalue weighted by Crippen LogP contribution is 2.34. The van der Waals surface area contributed by atoms with Crippen LogP contribution in [0.4, 0.5) is 35.1 Å². The van der Waals surface area contributed by atoms with Crippen LogP contribution in [0.1, 0.15) is 51.9 Å². The lowest BCUT2D eigenvalue weighted by Crippen LogP contribution is -2.17. The van der Waals surface area contributed by atoms with Crippen LogP contribution in [0, 0.1) is 35.1 Å². The van der Waals surface area contributed by atoms with E-state index in [1.165, 1.54) is 38.5 Å². The Morgan fingerprint density at radius 2 is 1.36 bits per heavy atom. The summed E-state index contributed by atoms with van der Waals surface area (Å²) in [5.74, 6) is -4.73. The standard InChI is InChI=1S/C13H5F7O.C11H21F/c14-7-4-9(16)12(10(17)5-7)6-1-2-11(8(15)3-6)21-13(18,19)20;1-2-3-10-4-6-11(7-5-10)8-9-12/h1-5H;10-11H,2-9H2,1H3. The molecule has 2 aromatic carbocycles. The third kappa shape index (κ3) is 8.51. The molecule has 0 heterocycles. The van der Waals surface area contributed by atoms with Crippen LogP contribution in [0.5, 0.6) is 5.75 Å². The summed E-state index contributed by atoms with van der Waals surface area (Å²) in [4.78, 5) is 0. The van der Waals surface area contributed by atoms with Crippen molar-refractivity contribution in [1.29, 1.82) is 0 Å². The van der Waals surface area contributed by atoms with Crippen molar-refractivity contribution >= 4 is 0 Å². The molecule has 0 N–H and O–H groups in total. The van der Waals surface area contributed by atoms with E-state index >= 15 is 0 Å². The molecule has 0 amide bonds. The molecule has 1 aliphatic rings. The zero-order valence-electron chi connectivity index (χ0n) is 18.1. The molecule has 1 fully saturated rings. The summed E-state index contributed by atoms with van der Waals surface area (Å²) in [6.07, 6.45) is 3.72. The summed E-state index contributed by atoms with van der Waals surface area (Å²) in [5, 5.41) is 0. The van der Waals surface area contributed by atoms with Gasteiger partial charge in [0, 0.05) is 12.1 Å². The number of ether oxygens (including phenoxy) is 1. The Labute approximate surface area is 187 Å². The second kappa shape index (κ2) is 12.2. The van der Waals surface area contributed by atoms with Crippen LogP contribution in [-0.2, 0) is 0 Å². The number of halogens is 8. The minimum absolute atomic E-state index is 0.108. The average Bonchev–Trinajstić information content (AvgIpc) is 2.71. The minimum Gasteiger partial charge on any atom is -0.403 e. The molecule has 0 aromatic heterocycles. The van der Waals surface area contributed by atoms with Crippen molar-refractivity contribution in [3.05, 3.63) is 53.6 Å². The largest absolute Gasteiger partial charge is 0.573 e. The second-order valence-corrected chi connectivity index (χ2v) is 8.09. The Morgan fingerprint density at radius 1 is 0.818 bits per heavy atom. The van der Waals surface area contributed by atoms with Crippen LogP contribution in [0.15, 0.2) is 30.3 Å². The van der Waals surface area contributed by atoms with E-state index in [4.69, 9.17) is 0 Å². The molecule has 0 bridgehead atoms. The smallest absolute Gasteiger partial charge is 0.403 e. The van der Waals surface area contributed by atoms with E-state index in [1.807, 2.05) is 0 Å². The topological polar surface area (TPSA) is 9.23 Å². The van der Waals surface area contributed by atoms with E-state index < -0.39 is 46.5 Å². The van der Waals surface area contributed by atoms with Gasteiger partial charge in [0.2, 0.25) is 0 Å². The first-order valence-electron chi connectivity index (χ1n) is 10.8. The molecular weight excluding hydrogens is 456 g/mol. The van der Waals surface area contributed by atoms with Gasteiger partial charge in [0.1, 0.15) is 17.5 Å². The Kier molecular flexibility index (Phi) is 9.98. The van der Waals surface area contributed by atoms with Gasteiger partial charge in [-0.15, -0.1) is 13.2 Å². The Hall–Kier alpha value is -2.32. The lowest BCUT2D eigenvalue weighted by molar-refractivity contribution is -0.275. The molecule has 0 aliphatic heterocycles. The van der Waals surface area contributed by atoms with Crippen molar-refractivity contribution in [2.45, 2.75) is 58.2 Å². The van der Waals surface area contributed by atoms with Crippen molar-refractivity contribution in [1.82, 2.24) is 0 Å². The number of alkyl halides is 4. The quantitative estimate of drug-likeness (QED) is 0.374. The van der Waals surface area contributed by atoms with E-state index in [9.17, 15) is 35.1 Å². The van der Waals surface area contributed by atoms with Gasteiger partial charge in [-0.3, -0.25) is 4.39 Å². The lowest BCUT2D eigenvalue weighted by atomic mass is 9.79. The summed E-state index contributed by atoms with van der Waals surface area (Å²) < 4.78 is 104. The first-order chi connectivity index (χ1) is 15.5. The second-order valence-electron chi connectivity index (χ2n) is 8.09. The zero-order chi connectivity index (χ0) is 24.6. The predicted molar refractivity (Wildman–Crippen MR) is 109 cm³/mol. The van der Waals surface area contributed by atoms with Gasteiger partial charge in [-0.05, 0) is 36.0 Å². The Balaban J connectivity index is 0.000000273. The van der Waals surface area contributed by atoms with E-state index in [2.05, 4.69) is 11.7 Å². The number of hydrogen-bond acceptors (Lipinski definition) is 1. The summed E-state index contributed by atoms with van der Waals surface area (Å²) >= 11 is 0. The van der Waals surface area contributed by atoms with E-state index in [0.717, 1.165) is 18.4 Å². The van der Waals surface area contributed by atoms with Crippen LogP contribution in [0.3, 0.4) is 0 Å². The molecule has 0 radical (unpaired) electrons.